The molecule has 1 atom stereocenters. The van der Waals surface area contributed by atoms with Gasteiger partial charge >= 0.3 is 0 Å². The zero-order valence-electron chi connectivity index (χ0n) is 19.5. The van der Waals surface area contributed by atoms with Crippen molar-refractivity contribution < 1.29 is 23.8 Å². The monoisotopic (exact) mass is 487 g/mol. The first-order chi connectivity index (χ1) is 16.3. The highest BCUT2D eigenvalue weighted by Gasteiger charge is 2.18. The molecule has 0 spiro atoms. The van der Waals surface area contributed by atoms with Gasteiger partial charge in [-0.3, -0.25) is 4.79 Å². The third-order valence-electron chi connectivity index (χ3n) is 5.00. The third-order valence-corrected chi connectivity index (χ3v) is 6.09. The highest BCUT2D eigenvalue weighted by Crippen LogP contribution is 2.38. The van der Waals surface area contributed by atoms with Crippen molar-refractivity contribution in [3.8, 4) is 10.4 Å². The van der Waals surface area contributed by atoms with Crippen molar-refractivity contribution in [2.45, 2.75) is 46.0 Å². The highest BCUT2D eigenvalue weighted by molar-refractivity contribution is 7.19. The van der Waals surface area contributed by atoms with Gasteiger partial charge in [-0.1, -0.05) is 25.1 Å². The van der Waals surface area contributed by atoms with E-state index in [1.807, 2.05) is 32.9 Å². The van der Waals surface area contributed by atoms with E-state index in [0.29, 0.717) is 58.8 Å². The molecule has 2 heterocycles. The first-order valence-electron chi connectivity index (χ1n) is 11.1. The molecule has 1 aromatic carbocycles. The molecular formula is C25H30FN3O4S. The van der Waals surface area contributed by atoms with Gasteiger partial charge in [-0.2, -0.15) is 0 Å². The van der Waals surface area contributed by atoms with Gasteiger partial charge in [0.1, 0.15) is 16.6 Å². The lowest BCUT2D eigenvalue weighted by Gasteiger charge is -2.10. The molecule has 9 heteroatoms. The number of halogens is 1. The van der Waals surface area contributed by atoms with Gasteiger partial charge in [0.25, 0.3) is 5.91 Å². The number of carbonyl (C=O) groups is 1. The van der Waals surface area contributed by atoms with Gasteiger partial charge in [-0.15, -0.1) is 11.3 Å². The summed E-state index contributed by atoms with van der Waals surface area (Å²) in [7, 11) is 0. The van der Waals surface area contributed by atoms with Crippen LogP contribution in [0.15, 0.2) is 42.5 Å². The zero-order valence-corrected chi connectivity index (χ0v) is 20.3. The van der Waals surface area contributed by atoms with Gasteiger partial charge in [0, 0.05) is 10.4 Å². The lowest BCUT2D eigenvalue weighted by atomic mass is 10.0. The van der Waals surface area contributed by atoms with E-state index in [1.54, 1.807) is 24.3 Å². The number of nitrogens with one attached hydrogen (secondary N) is 1. The summed E-state index contributed by atoms with van der Waals surface area (Å²) in [5.74, 6) is -0.599. The number of rotatable bonds is 12. The number of pyridine rings is 1. The number of aliphatic hydroxyl groups is 1. The van der Waals surface area contributed by atoms with E-state index in [4.69, 9.17) is 15.2 Å². The summed E-state index contributed by atoms with van der Waals surface area (Å²) in [6.07, 6.45) is -0.0883. The number of hydrogen-bond acceptors (Lipinski definition) is 7. The molecule has 3 rings (SSSR count). The maximum atomic E-state index is 14.8. The van der Waals surface area contributed by atoms with Crippen molar-refractivity contribution in [2.75, 3.05) is 18.5 Å². The number of ether oxygens (including phenoxy) is 2. The first kappa shape index (κ1) is 25.8. The lowest BCUT2D eigenvalue weighted by molar-refractivity contribution is 0.0136. The number of nitrogens with zero attached hydrogens (tertiary/aromatic N) is 1. The van der Waals surface area contributed by atoms with Gasteiger partial charge in [0.15, 0.2) is 0 Å². The Morgan fingerprint density at radius 2 is 2.03 bits per heavy atom. The summed E-state index contributed by atoms with van der Waals surface area (Å²) in [6, 6.07) is 11.6. The van der Waals surface area contributed by atoms with Gasteiger partial charge in [0.05, 0.1) is 43.3 Å². The molecule has 4 N–H and O–H groups in total. The molecule has 0 aliphatic carbocycles. The number of hydrogen-bond donors (Lipinski definition) is 3. The number of benzene rings is 1. The highest BCUT2D eigenvalue weighted by atomic mass is 32.1. The molecule has 182 valence electrons. The number of carbonyl (C=O) groups excluding carboxylic acids is 1. The van der Waals surface area contributed by atoms with Crippen LogP contribution in [0.1, 0.15) is 54.9 Å². The molecule has 0 aliphatic rings. The summed E-state index contributed by atoms with van der Waals surface area (Å²) in [5.41, 5.74) is 7.36. The van der Waals surface area contributed by atoms with Crippen LogP contribution in [0.4, 0.5) is 15.2 Å². The fraction of sp³-hybridized carbons (Fsp3) is 0.360. The van der Waals surface area contributed by atoms with Crippen LogP contribution in [0.25, 0.3) is 10.4 Å². The normalized spacial score (nSPS) is 12.2. The number of nitrogens with two attached hydrogens (primary N) is 1. The Labute approximate surface area is 202 Å². The predicted octanol–water partition coefficient (Wildman–Crippen LogP) is 5.18. The van der Waals surface area contributed by atoms with E-state index < -0.39 is 17.8 Å². The Morgan fingerprint density at radius 3 is 2.71 bits per heavy atom. The molecule has 0 radical (unpaired) electrons. The smallest absolute Gasteiger partial charge is 0.251 e. The van der Waals surface area contributed by atoms with Crippen molar-refractivity contribution in [3.63, 3.8) is 0 Å². The van der Waals surface area contributed by atoms with Crippen LogP contribution >= 0.6 is 11.3 Å². The van der Waals surface area contributed by atoms with Crippen molar-refractivity contribution in [3.05, 3.63) is 65.1 Å². The van der Waals surface area contributed by atoms with E-state index in [1.165, 1.54) is 17.4 Å². The van der Waals surface area contributed by atoms with Crippen molar-refractivity contribution >= 4 is 28.1 Å². The lowest BCUT2D eigenvalue weighted by Crippen LogP contribution is -2.12. The summed E-state index contributed by atoms with van der Waals surface area (Å²) >= 11 is 1.20. The Morgan fingerprint density at radius 1 is 1.24 bits per heavy atom. The number of aliphatic hydroxyl groups excluding tert-OH is 1. The van der Waals surface area contributed by atoms with Crippen molar-refractivity contribution in [2.24, 2.45) is 5.73 Å². The molecular weight excluding hydrogens is 457 g/mol. The second-order valence-corrected chi connectivity index (χ2v) is 9.04. The van der Waals surface area contributed by atoms with Crippen LogP contribution in [0.3, 0.4) is 0 Å². The Hall–Kier alpha value is -2.85. The van der Waals surface area contributed by atoms with E-state index in [2.05, 4.69) is 10.3 Å². The summed E-state index contributed by atoms with van der Waals surface area (Å²) in [6.45, 7) is 7.03. The maximum Gasteiger partial charge on any atom is 0.251 e. The summed E-state index contributed by atoms with van der Waals surface area (Å²) in [5, 5.41) is 13.6. The molecule has 7 nitrogen and oxygen atoms in total. The molecule has 0 fully saturated rings. The topological polar surface area (TPSA) is 107 Å². The fourth-order valence-electron chi connectivity index (χ4n) is 3.24. The fourth-order valence-corrected chi connectivity index (χ4v) is 4.34. The minimum absolute atomic E-state index is 0.152. The maximum absolute atomic E-state index is 14.8. The Kier molecular flexibility index (Phi) is 9.12. The second kappa shape index (κ2) is 12.0. The van der Waals surface area contributed by atoms with E-state index in [-0.39, 0.29) is 11.7 Å². The largest absolute Gasteiger partial charge is 0.388 e. The predicted molar refractivity (Wildman–Crippen MR) is 132 cm³/mol. The summed E-state index contributed by atoms with van der Waals surface area (Å²) in [4.78, 5) is 17.1. The minimum Gasteiger partial charge on any atom is -0.388 e. The molecule has 0 aliphatic heterocycles. The molecule has 34 heavy (non-hydrogen) atoms. The average Bonchev–Trinajstić information content (AvgIpc) is 3.22. The van der Waals surface area contributed by atoms with Crippen LogP contribution in [0, 0.1) is 5.82 Å². The number of thiophene rings is 1. The molecule has 0 saturated carbocycles. The number of amides is 1. The van der Waals surface area contributed by atoms with Crippen LogP contribution in [-0.4, -0.2) is 35.3 Å². The van der Waals surface area contributed by atoms with E-state index >= 15 is 0 Å². The summed E-state index contributed by atoms with van der Waals surface area (Å²) < 4.78 is 25.8. The minimum atomic E-state index is -0.727. The van der Waals surface area contributed by atoms with Gasteiger partial charge in [-0.25, -0.2) is 9.37 Å². The van der Waals surface area contributed by atoms with Gasteiger partial charge in [-0.05, 0) is 50.1 Å². The number of primary amides is 1. The number of anilines is 2. The first-order valence-corrected chi connectivity index (χ1v) is 11.9. The molecule has 1 amide bonds. The van der Waals surface area contributed by atoms with Gasteiger partial charge < -0.3 is 25.6 Å². The number of aromatic nitrogens is 1. The van der Waals surface area contributed by atoms with Crippen LogP contribution < -0.4 is 11.1 Å². The SMILES string of the molecule is CCC(O)c1ccc(-c2cc(C(N)=O)c(Nc3cccc(COCCOC(C)C)n3)s2)c(F)c1. The van der Waals surface area contributed by atoms with Crippen LogP contribution in [0.5, 0.6) is 0 Å². The van der Waals surface area contributed by atoms with Crippen molar-refractivity contribution in [1.29, 1.82) is 0 Å². The Bertz CT molecular complexity index is 1120. The average molecular weight is 488 g/mol. The molecule has 2 aromatic heterocycles. The quantitative estimate of drug-likeness (QED) is 0.304. The molecule has 3 aromatic rings. The Balaban J connectivity index is 1.76. The van der Waals surface area contributed by atoms with E-state index in [9.17, 15) is 14.3 Å². The second-order valence-electron chi connectivity index (χ2n) is 7.99. The zero-order chi connectivity index (χ0) is 24.7. The molecule has 0 saturated heterocycles. The van der Waals surface area contributed by atoms with Crippen LogP contribution in [-0.2, 0) is 16.1 Å². The molecule has 0 bridgehead atoms. The van der Waals surface area contributed by atoms with Crippen molar-refractivity contribution in [1.82, 2.24) is 4.98 Å². The van der Waals surface area contributed by atoms with Crippen LogP contribution in [0.2, 0.25) is 0 Å². The van der Waals surface area contributed by atoms with Gasteiger partial charge in [0.2, 0.25) is 0 Å². The third kappa shape index (κ3) is 6.83. The van der Waals surface area contributed by atoms with E-state index in [0.717, 1.165) is 0 Å². The molecule has 1 unspecified atom stereocenters. The standard InChI is InChI=1S/C25H30FN3O4S/c1-4-21(30)16-8-9-18(20(26)12-16)22-13-19(24(27)31)25(34-22)29-23-7-5-6-17(28-23)14-32-10-11-33-15(2)3/h5-9,12-13,15,21,30H,4,10-11,14H2,1-3H3,(H2,27,31)(H,28,29).